The van der Waals surface area contributed by atoms with Crippen LogP contribution in [0, 0.1) is 0 Å². The molecule has 0 fully saturated rings. The molecule has 150 valence electrons. The zero-order valence-corrected chi connectivity index (χ0v) is 16.2. The van der Waals surface area contributed by atoms with Gasteiger partial charge in [0.1, 0.15) is 11.3 Å². The number of anilines is 1. The number of carbonyl (C=O) groups is 1. The topological polar surface area (TPSA) is 88.8 Å². The fraction of sp³-hybridized carbons (Fsp3) is 0.0833. The van der Waals surface area contributed by atoms with Gasteiger partial charge in [-0.15, -0.1) is 0 Å². The maximum atomic E-state index is 12.1. The first kappa shape index (κ1) is 19.3. The first-order valence-corrected chi connectivity index (χ1v) is 9.33. The summed E-state index contributed by atoms with van der Waals surface area (Å²) in [5, 5.41) is 14.4. The maximum Gasteiger partial charge on any atom is 0.339 e. The summed E-state index contributed by atoms with van der Waals surface area (Å²) in [4.78, 5) is 24.1. The zero-order valence-electron chi connectivity index (χ0n) is 16.2. The van der Waals surface area contributed by atoms with Crippen LogP contribution in [0.4, 0.5) is 5.69 Å². The highest BCUT2D eigenvalue weighted by Gasteiger charge is 2.14. The summed E-state index contributed by atoms with van der Waals surface area (Å²) in [6, 6.07) is 20.9. The molecule has 2 N–H and O–H groups in total. The Labute approximate surface area is 172 Å². The highest BCUT2D eigenvalue weighted by molar-refractivity contribution is 5.95. The largest absolute Gasteiger partial charge is 0.507 e. The van der Waals surface area contributed by atoms with Crippen LogP contribution in [0.2, 0.25) is 0 Å². The van der Waals surface area contributed by atoms with Crippen LogP contribution in [0.15, 0.2) is 82.0 Å². The smallest absolute Gasteiger partial charge is 0.339 e. The lowest BCUT2D eigenvalue weighted by molar-refractivity contribution is 0.0602. The van der Waals surface area contributed by atoms with Crippen molar-refractivity contribution in [1.82, 2.24) is 0 Å². The molecule has 0 saturated carbocycles. The number of nitrogens with one attached hydrogen (secondary N) is 1. The predicted molar refractivity (Wildman–Crippen MR) is 115 cm³/mol. The molecule has 0 aliphatic carbocycles. The average molecular weight is 401 g/mol. The van der Waals surface area contributed by atoms with E-state index in [-0.39, 0.29) is 12.3 Å². The number of aromatic hydroxyl groups is 1. The van der Waals surface area contributed by atoms with E-state index in [1.807, 2.05) is 30.3 Å². The third kappa shape index (κ3) is 3.75. The van der Waals surface area contributed by atoms with Gasteiger partial charge in [0.15, 0.2) is 0 Å². The van der Waals surface area contributed by atoms with E-state index in [0.29, 0.717) is 33.3 Å². The number of hydrogen-bond acceptors (Lipinski definition) is 6. The second-order valence-corrected chi connectivity index (χ2v) is 6.71. The minimum atomic E-state index is -0.495. The number of esters is 1. The number of methoxy groups -OCH3 is 1. The van der Waals surface area contributed by atoms with Crippen molar-refractivity contribution in [3.63, 3.8) is 0 Å². The number of fused-ring (bicyclic) bond motifs is 1. The molecule has 0 spiro atoms. The van der Waals surface area contributed by atoms with Gasteiger partial charge in [0.05, 0.1) is 12.7 Å². The quantitative estimate of drug-likeness (QED) is 0.376. The SMILES string of the molecule is COC(=O)c1ccccc1NCc1cc(=O)oc2cc(-c3ccccc3)c(O)cc12. The number of phenols is 1. The van der Waals surface area contributed by atoms with E-state index in [2.05, 4.69) is 5.32 Å². The molecular weight excluding hydrogens is 382 g/mol. The second kappa shape index (κ2) is 8.13. The molecule has 1 aromatic heterocycles. The Morgan fingerprint density at radius 1 is 1.03 bits per heavy atom. The van der Waals surface area contributed by atoms with Crippen LogP contribution in [0.3, 0.4) is 0 Å². The molecule has 0 aliphatic rings. The van der Waals surface area contributed by atoms with Gasteiger partial charge in [-0.3, -0.25) is 0 Å². The number of benzene rings is 3. The monoisotopic (exact) mass is 401 g/mol. The number of carbonyl (C=O) groups excluding carboxylic acids is 1. The van der Waals surface area contributed by atoms with Crippen LogP contribution in [-0.4, -0.2) is 18.2 Å². The summed E-state index contributed by atoms with van der Waals surface area (Å²) in [6.45, 7) is 0.250. The Hall–Kier alpha value is -4.06. The van der Waals surface area contributed by atoms with E-state index in [9.17, 15) is 14.7 Å². The third-order valence-electron chi connectivity index (χ3n) is 4.83. The van der Waals surface area contributed by atoms with Gasteiger partial charge in [0, 0.05) is 29.2 Å². The number of hydrogen-bond donors (Lipinski definition) is 2. The normalized spacial score (nSPS) is 10.7. The lowest BCUT2D eigenvalue weighted by atomic mass is 10.0. The van der Waals surface area contributed by atoms with Crippen molar-refractivity contribution in [2.24, 2.45) is 0 Å². The van der Waals surface area contributed by atoms with E-state index < -0.39 is 11.6 Å². The molecule has 3 aromatic carbocycles. The van der Waals surface area contributed by atoms with Gasteiger partial charge in [-0.2, -0.15) is 0 Å². The number of phenolic OH excluding ortho intramolecular Hbond substituents is 1. The number of rotatable bonds is 5. The van der Waals surface area contributed by atoms with E-state index in [1.165, 1.54) is 13.2 Å². The average Bonchev–Trinajstić information content (AvgIpc) is 2.77. The van der Waals surface area contributed by atoms with E-state index in [1.54, 1.807) is 36.4 Å². The van der Waals surface area contributed by atoms with Crippen molar-refractivity contribution in [2.45, 2.75) is 6.54 Å². The summed E-state index contributed by atoms with van der Waals surface area (Å²) >= 11 is 0. The van der Waals surface area contributed by atoms with Crippen LogP contribution in [0.25, 0.3) is 22.1 Å². The minimum absolute atomic E-state index is 0.0822. The van der Waals surface area contributed by atoms with E-state index >= 15 is 0 Å². The molecule has 0 amide bonds. The molecule has 0 aliphatic heterocycles. The lowest BCUT2D eigenvalue weighted by Gasteiger charge is -2.13. The Balaban J connectivity index is 1.73. The summed E-state index contributed by atoms with van der Waals surface area (Å²) in [5.74, 6) is -0.376. The summed E-state index contributed by atoms with van der Waals surface area (Å²) < 4.78 is 10.2. The van der Waals surface area contributed by atoms with Crippen molar-refractivity contribution in [2.75, 3.05) is 12.4 Å². The van der Waals surface area contributed by atoms with Crippen LogP contribution in [-0.2, 0) is 11.3 Å². The van der Waals surface area contributed by atoms with Crippen molar-refractivity contribution < 1.29 is 19.1 Å². The van der Waals surface area contributed by atoms with Crippen molar-refractivity contribution in [3.05, 3.63) is 94.3 Å². The van der Waals surface area contributed by atoms with Crippen LogP contribution in [0.5, 0.6) is 5.75 Å². The van der Waals surface area contributed by atoms with Crippen LogP contribution in [0.1, 0.15) is 15.9 Å². The first-order valence-electron chi connectivity index (χ1n) is 9.33. The van der Waals surface area contributed by atoms with Crippen LogP contribution >= 0.6 is 0 Å². The van der Waals surface area contributed by atoms with Gasteiger partial charge in [-0.05, 0) is 35.4 Å². The molecule has 0 saturated heterocycles. The Bertz CT molecular complexity index is 1280. The van der Waals surface area contributed by atoms with Crippen molar-refractivity contribution in [1.29, 1.82) is 0 Å². The van der Waals surface area contributed by atoms with Gasteiger partial charge in [-0.25, -0.2) is 9.59 Å². The second-order valence-electron chi connectivity index (χ2n) is 6.71. The summed E-state index contributed by atoms with van der Waals surface area (Å²) in [6.07, 6.45) is 0. The fourth-order valence-corrected chi connectivity index (χ4v) is 3.37. The third-order valence-corrected chi connectivity index (χ3v) is 4.83. The van der Waals surface area contributed by atoms with E-state index in [0.717, 1.165) is 5.56 Å². The van der Waals surface area contributed by atoms with E-state index in [4.69, 9.17) is 9.15 Å². The molecule has 0 bridgehead atoms. The Morgan fingerprint density at radius 2 is 1.77 bits per heavy atom. The minimum Gasteiger partial charge on any atom is -0.507 e. The Morgan fingerprint density at radius 3 is 2.53 bits per heavy atom. The highest BCUT2D eigenvalue weighted by Crippen LogP contribution is 2.34. The number of para-hydroxylation sites is 1. The van der Waals surface area contributed by atoms with Gasteiger partial charge in [0.25, 0.3) is 0 Å². The van der Waals surface area contributed by atoms with Crippen molar-refractivity contribution in [3.8, 4) is 16.9 Å². The summed E-state index contributed by atoms with van der Waals surface area (Å²) in [5.41, 5.74) is 2.87. The first-order chi connectivity index (χ1) is 14.6. The molecule has 6 nitrogen and oxygen atoms in total. The summed E-state index contributed by atoms with van der Waals surface area (Å²) in [7, 11) is 1.32. The molecule has 1 heterocycles. The molecule has 0 unspecified atom stereocenters. The molecule has 4 rings (SSSR count). The predicted octanol–water partition coefficient (Wildman–Crippen LogP) is 4.56. The maximum absolute atomic E-state index is 12.1. The van der Waals surface area contributed by atoms with Crippen molar-refractivity contribution >= 4 is 22.6 Å². The van der Waals surface area contributed by atoms with Crippen LogP contribution < -0.4 is 10.9 Å². The zero-order chi connectivity index (χ0) is 21.1. The van der Waals surface area contributed by atoms with Gasteiger partial charge in [0.2, 0.25) is 0 Å². The lowest BCUT2D eigenvalue weighted by Crippen LogP contribution is -2.10. The molecule has 6 heteroatoms. The fourth-order valence-electron chi connectivity index (χ4n) is 3.37. The molecule has 30 heavy (non-hydrogen) atoms. The Kier molecular flexibility index (Phi) is 5.22. The van der Waals surface area contributed by atoms with Gasteiger partial charge >= 0.3 is 11.6 Å². The molecule has 0 atom stereocenters. The molecule has 0 radical (unpaired) electrons. The molecular formula is C24H19NO5. The number of ether oxygens (including phenoxy) is 1. The highest BCUT2D eigenvalue weighted by atomic mass is 16.5. The van der Waals surface area contributed by atoms with Gasteiger partial charge in [-0.1, -0.05) is 42.5 Å². The standard InChI is InChI=1S/C24H19NO5/c1-29-24(28)17-9-5-6-10-20(17)25-14-16-11-23(27)30-22-13-18(21(26)12-19(16)22)15-7-3-2-4-8-15/h2-13,25-26H,14H2,1H3. The van der Waals surface area contributed by atoms with Gasteiger partial charge < -0.3 is 19.6 Å². The molecule has 4 aromatic rings.